The highest BCUT2D eigenvalue weighted by atomic mass is 19.4. The number of anilines is 2. The predicted molar refractivity (Wildman–Crippen MR) is 158 cm³/mol. The molecular weight excluding hydrogens is 581 g/mol. The van der Waals surface area contributed by atoms with E-state index in [0.29, 0.717) is 22.7 Å². The number of nitrogens with two attached hydrogens (primary N) is 2. The summed E-state index contributed by atoms with van der Waals surface area (Å²) in [6.07, 6.45) is -2.56. The maximum Gasteiger partial charge on any atom is 0.389 e. The average molecular weight is 615 g/mol. The second-order valence-electron chi connectivity index (χ2n) is 10.6. The molecule has 12 heteroatoms. The van der Waals surface area contributed by atoms with Gasteiger partial charge in [-0.25, -0.2) is 14.4 Å². The van der Waals surface area contributed by atoms with Crippen molar-refractivity contribution in [3.63, 3.8) is 0 Å². The molecule has 0 amide bonds. The second kappa shape index (κ2) is 14.9. The van der Waals surface area contributed by atoms with Crippen LogP contribution < -0.4 is 20.9 Å². The molecule has 4 N–H and O–H groups in total. The third-order valence-corrected chi connectivity index (χ3v) is 5.88. The Morgan fingerprint density at radius 2 is 1.36 bits per heavy atom. The van der Waals surface area contributed by atoms with Crippen molar-refractivity contribution in [1.82, 2.24) is 0 Å². The molecule has 0 aliphatic rings. The Morgan fingerprint density at radius 3 is 1.98 bits per heavy atom. The van der Waals surface area contributed by atoms with Gasteiger partial charge in [0.05, 0.1) is 30.9 Å². The molecule has 0 saturated carbocycles. The highest BCUT2D eigenvalue weighted by Gasteiger charge is 2.26. The van der Waals surface area contributed by atoms with E-state index < -0.39 is 35.9 Å². The smallest absolute Gasteiger partial charge is 0.389 e. The van der Waals surface area contributed by atoms with Crippen LogP contribution in [-0.4, -0.2) is 43.9 Å². The zero-order chi connectivity index (χ0) is 32.3. The van der Waals surface area contributed by atoms with Crippen LogP contribution >= 0.6 is 0 Å². The lowest BCUT2D eigenvalue weighted by atomic mass is 9.96. The predicted octanol–water partition coefficient (Wildman–Crippen LogP) is 6.23. The van der Waals surface area contributed by atoms with Crippen molar-refractivity contribution in [1.29, 1.82) is 0 Å². The van der Waals surface area contributed by atoms with Crippen LogP contribution in [0.5, 0.6) is 11.5 Å². The van der Waals surface area contributed by atoms with E-state index in [4.69, 9.17) is 30.4 Å². The summed E-state index contributed by atoms with van der Waals surface area (Å²) >= 11 is 0. The highest BCUT2D eigenvalue weighted by Crippen LogP contribution is 2.23. The first kappa shape index (κ1) is 33.5. The number of alkyl halides is 3. The fourth-order valence-corrected chi connectivity index (χ4v) is 3.62. The summed E-state index contributed by atoms with van der Waals surface area (Å²) in [7, 11) is 0. The largest absolute Gasteiger partial charge is 0.494 e. The number of hydrogen-bond acceptors (Lipinski definition) is 9. The molecule has 0 saturated heterocycles. The third kappa shape index (κ3) is 11.7. The number of carbonyl (C=O) groups is 3. The molecule has 0 aliphatic heterocycles. The summed E-state index contributed by atoms with van der Waals surface area (Å²) < 4.78 is 57.9. The van der Waals surface area contributed by atoms with Crippen molar-refractivity contribution in [2.45, 2.75) is 32.9 Å². The molecule has 0 bridgehead atoms. The van der Waals surface area contributed by atoms with Gasteiger partial charge in [-0.3, -0.25) is 0 Å². The van der Waals surface area contributed by atoms with Gasteiger partial charge in [0.15, 0.2) is 0 Å². The summed E-state index contributed by atoms with van der Waals surface area (Å²) in [5.74, 6) is -1.23. The van der Waals surface area contributed by atoms with Crippen LogP contribution in [0.15, 0.2) is 72.8 Å². The minimum atomic E-state index is -4.23. The van der Waals surface area contributed by atoms with Gasteiger partial charge in [-0.05, 0) is 72.7 Å². The van der Waals surface area contributed by atoms with E-state index in [0.717, 1.165) is 0 Å². The average Bonchev–Trinajstić information content (AvgIpc) is 2.96. The zero-order valence-electron chi connectivity index (χ0n) is 24.2. The van der Waals surface area contributed by atoms with Crippen LogP contribution in [0, 0.1) is 5.41 Å². The maximum absolute atomic E-state index is 12.4. The Labute approximate surface area is 252 Å². The van der Waals surface area contributed by atoms with E-state index in [9.17, 15) is 27.6 Å². The lowest BCUT2D eigenvalue weighted by molar-refractivity contribution is -0.141. The van der Waals surface area contributed by atoms with E-state index >= 15 is 0 Å². The number of halogens is 3. The summed E-state index contributed by atoms with van der Waals surface area (Å²) in [4.78, 5) is 37.0. The van der Waals surface area contributed by atoms with Crippen LogP contribution in [0.25, 0.3) is 6.08 Å². The molecule has 0 aliphatic carbocycles. The lowest BCUT2D eigenvalue weighted by Crippen LogP contribution is -2.28. The van der Waals surface area contributed by atoms with E-state index in [2.05, 4.69) is 0 Å². The van der Waals surface area contributed by atoms with Gasteiger partial charge >= 0.3 is 24.1 Å². The van der Waals surface area contributed by atoms with E-state index in [-0.39, 0.29) is 43.1 Å². The topological polar surface area (TPSA) is 140 Å². The minimum absolute atomic E-state index is 0.0113. The first-order chi connectivity index (χ1) is 20.7. The summed E-state index contributed by atoms with van der Waals surface area (Å²) in [5.41, 5.74) is 12.5. The quantitative estimate of drug-likeness (QED) is 0.0754. The molecule has 44 heavy (non-hydrogen) atoms. The molecule has 0 spiro atoms. The van der Waals surface area contributed by atoms with Crippen molar-refractivity contribution in [2.75, 3.05) is 31.3 Å². The Morgan fingerprint density at radius 1 is 0.773 bits per heavy atom. The molecule has 9 nitrogen and oxygen atoms in total. The third-order valence-electron chi connectivity index (χ3n) is 5.88. The molecule has 3 aromatic carbocycles. The number of rotatable bonds is 13. The lowest BCUT2D eigenvalue weighted by Gasteiger charge is -2.23. The number of carbonyl (C=O) groups excluding carboxylic acids is 3. The van der Waals surface area contributed by atoms with Gasteiger partial charge in [0.2, 0.25) is 0 Å². The monoisotopic (exact) mass is 614 g/mol. The fraction of sp³-hybridized carbons (Fsp3) is 0.281. The van der Waals surface area contributed by atoms with E-state index in [1.54, 1.807) is 38.1 Å². The van der Waals surface area contributed by atoms with Gasteiger partial charge in [0.1, 0.15) is 11.5 Å². The van der Waals surface area contributed by atoms with Gasteiger partial charge in [-0.15, -0.1) is 0 Å². The summed E-state index contributed by atoms with van der Waals surface area (Å²) in [6, 6.07) is 16.7. The van der Waals surface area contributed by atoms with Crippen LogP contribution in [0.3, 0.4) is 0 Å². The molecular formula is C32H33F3N2O7. The molecule has 234 valence electrons. The number of esters is 3. The zero-order valence-corrected chi connectivity index (χ0v) is 24.2. The van der Waals surface area contributed by atoms with Crippen molar-refractivity contribution in [3.8, 4) is 11.5 Å². The molecule has 0 aromatic heterocycles. The molecule has 0 heterocycles. The van der Waals surface area contributed by atoms with E-state index in [1.807, 2.05) is 0 Å². The van der Waals surface area contributed by atoms with E-state index in [1.165, 1.54) is 54.6 Å². The summed E-state index contributed by atoms with van der Waals surface area (Å²) in [6.45, 7) is 3.43. The van der Waals surface area contributed by atoms with Gasteiger partial charge in [0.25, 0.3) is 0 Å². The second-order valence-corrected chi connectivity index (χ2v) is 10.6. The van der Waals surface area contributed by atoms with Crippen LogP contribution in [0.4, 0.5) is 24.5 Å². The highest BCUT2D eigenvalue weighted by molar-refractivity contribution is 5.92. The number of ether oxygens (including phenoxy) is 4. The summed E-state index contributed by atoms with van der Waals surface area (Å²) in [5, 5.41) is 0. The molecule has 3 rings (SSSR count). The number of nitrogen functional groups attached to an aromatic ring is 2. The van der Waals surface area contributed by atoms with Gasteiger partial charge in [-0.2, -0.15) is 13.2 Å². The molecule has 0 radical (unpaired) electrons. The normalized spacial score (nSPS) is 11.7. The Kier molecular flexibility index (Phi) is 11.4. The molecule has 0 unspecified atom stereocenters. The van der Waals surface area contributed by atoms with Crippen molar-refractivity contribution >= 4 is 35.4 Å². The van der Waals surface area contributed by atoms with Crippen molar-refractivity contribution < 1.29 is 46.5 Å². The SMILES string of the molecule is CC(C)(COC(=O)/C=C/c1ccc(OC(=O)c2ccc(OCCCC(F)(F)F)cc2)cc1)COC(=O)c1cc(N)cc(N)c1. The van der Waals surface area contributed by atoms with Crippen molar-refractivity contribution in [3.05, 3.63) is 89.5 Å². The Hall–Kier alpha value is -5.00. The first-order valence-corrected chi connectivity index (χ1v) is 13.5. The van der Waals surface area contributed by atoms with Crippen LogP contribution in [-0.2, 0) is 14.3 Å². The van der Waals surface area contributed by atoms with Crippen molar-refractivity contribution in [2.24, 2.45) is 5.41 Å². The standard InChI is InChI=1S/C32H33F3N2O7/c1-31(2,20-43-29(39)23-16-24(36)18-25(37)17-23)19-42-28(38)13-6-21-4-9-27(10-5-21)44-30(40)22-7-11-26(12-8-22)41-15-3-14-32(33,34)35/h4-13,16-18H,3,14-15,19-20,36-37H2,1-2H3/b13-6+. The first-order valence-electron chi connectivity index (χ1n) is 13.5. The van der Waals surface area contributed by atoms with Crippen LogP contribution in [0.1, 0.15) is 53.0 Å². The van der Waals surface area contributed by atoms with Gasteiger partial charge in [-0.1, -0.05) is 26.0 Å². The maximum atomic E-state index is 12.4. The number of benzene rings is 3. The van der Waals surface area contributed by atoms with Gasteiger partial charge in [0, 0.05) is 29.3 Å². The Bertz CT molecular complexity index is 1450. The van der Waals surface area contributed by atoms with Gasteiger partial charge < -0.3 is 30.4 Å². The fourth-order valence-electron chi connectivity index (χ4n) is 3.62. The Balaban J connectivity index is 1.41. The number of hydrogen-bond donors (Lipinski definition) is 2. The molecule has 0 atom stereocenters. The molecule has 0 fully saturated rings. The molecule has 3 aromatic rings. The van der Waals surface area contributed by atoms with Crippen LogP contribution in [0.2, 0.25) is 0 Å². The minimum Gasteiger partial charge on any atom is -0.494 e.